The van der Waals surface area contributed by atoms with E-state index >= 15 is 0 Å². The van der Waals surface area contributed by atoms with E-state index in [4.69, 9.17) is 9.47 Å². The Hall–Kier alpha value is -0.760. The van der Waals surface area contributed by atoms with Crippen LogP contribution < -0.4 is 0 Å². The molecule has 1 atom stereocenters. The Labute approximate surface area is 73.9 Å². The number of hydrogen-bond acceptors (Lipinski definition) is 2. The van der Waals surface area contributed by atoms with Crippen LogP contribution in [0.2, 0.25) is 0 Å². The zero-order valence-corrected chi connectivity index (χ0v) is 7.96. The van der Waals surface area contributed by atoms with Crippen molar-refractivity contribution >= 4 is 0 Å². The maximum absolute atomic E-state index is 5.26. The lowest BCUT2D eigenvalue weighted by molar-refractivity contribution is 0.131. The minimum atomic E-state index is 0.202. The molecule has 12 heavy (non-hydrogen) atoms. The molecule has 0 radical (unpaired) electrons. The molecule has 1 unspecified atom stereocenters. The van der Waals surface area contributed by atoms with Crippen LogP contribution in [0.25, 0.3) is 0 Å². The van der Waals surface area contributed by atoms with Gasteiger partial charge < -0.3 is 9.47 Å². The van der Waals surface area contributed by atoms with E-state index < -0.39 is 0 Å². The van der Waals surface area contributed by atoms with Gasteiger partial charge in [0.05, 0.1) is 13.2 Å². The van der Waals surface area contributed by atoms with Crippen LogP contribution in [-0.4, -0.2) is 20.3 Å². The minimum Gasteiger partial charge on any atom is -0.497 e. The van der Waals surface area contributed by atoms with E-state index in [-0.39, 0.29) is 6.10 Å². The normalized spacial score (nSPS) is 24.1. The van der Waals surface area contributed by atoms with Gasteiger partial charge in [-0.05, 0) is 31.9 Å². The second kappa shape index (κ2) is 4.31. The van der Waals surface area contributed by atoms with Gasteiger partial charge in [-0.25, -0.2) is 0 Å². The largest absolute Gasteiger partial charge is 0.497 e. The molecule has 68 valence electrons. The van der Waals surface area contributed by atoms with Crippen molar-refractivity contribution in [2.45, 2.75) is 25.9 Å². The summed E-state index contributed by atoms with van der Waals surface area (Å²) in [6.45, 7) is 2.12. The fourth-order valence-electron chi connectivity index (χ4n) is 1.31. The van der Waals surface area contributed by atoms with Gasteiger partial charge in [0.15, 0.2) is 0 Å². The Kier molecular flexibility index (Phi) is 3.35. The molecule has 0 spiro atoms. The first-order valence-corrected chi connectivity index (χ1v) is 4.22. The third-order valence-electron chi connectivity index (χ3n) is 2.10. The van der Waals surface area contributed by atoms with E-state index in [1.165, 1.54) is 5.57 Å². The first kappa shape index (κ1) is 9.33. The number of allylic oxidation sites excluding steroid dienone is 2. The molecule has 0 aromatic rings. The van der Waals surface area contributed by atoms with Crippen molar-refractivity contribution in [2.24, 2.45) is 0 Å². The zero-order chi connectivity index (χ0) is 8.97. The summed E-state index contributed by atoms with van der Waals surface area (Å²) < 4.78 is 10.4. The first-order chi connectivity index (χ1) is 5.76. The lowest BCUT2D eigenvalue weighted by Crippen LogP contribution is -2.06. The first-order valence-electron chi connectivity index (χ1n) is 4.22. The molecule has 0 amide bonds. The molecule has 1 aliphatic carbocycles. The summed E-state index contributed by atoms with van der Waals surface area (Å²) >= 11 is 0. The molecule has 0 aromatic heterocycles. The molecule has 0 saturated heterocycles. The van der Waals surface area contributed by atoms with E-state index in [1.807, 2.05) is 6.08 Å². The molecule has 0 heterocycles. The van der Waals surface area contributed by atoms with Crippen molar-refractivity contribution in [3.63, 3.8) is 0 Å². The monoisotopic (exact) mass is 168 g/mol. The van der Waals surface area contributed by atoms with Gasteiger partial charge in [-0.15, -0.1) is 0 Å². The number of methoxy groups -OCH3 is 2. The maximum atomic E-state index is 5.26. The summed E-state index contributed by atoms with van der Waals surface area (Å²) in [6.07, 6.45) is 6.43. The molecule has 0 aliphatic heterocycles. The van der Waals surface area contributed by atoms with E-state index in [2.05, 4.69) is 13.0 Å². The van der Waals surface area contributed by atoms with Crippen molar-refractivity contribution in [2.75, 3.05) is 14.2 Å². The predicted octanol–water partition coefficient (Wildman–Crippen LogP) is 2.27. The molecule has 1 rings (SSSR count). The molecule has 0 N–H and O–H groups in total. The molecular weight excluding hydrogens is 152 g/mol. The highest BCUT2D eigenvalue weighted by atomic mass is 16.5. The average molecular weight is 168 g/mol. The molecule has 0 fully saturated rings. The van der Waals surface area contributed by atoms with Gasteiger partial charge in [-0.2, -0.15) is 0 Å². The molecule has 0 saturated carbocycles. The van der Waals surface area contributed by atoms with E-state index in [9.17, 15) is 0 Å². The second-order valence-electron chi connectivity index (χ2n) is 3.08. The Bertz CT molecular complexity index is 204. The summed E-state index contributed by atoms with van der Waals surface area (Å²) in [5, 5.41) is 0. The lowest BCUT2D eigenvalue weighted by atomic mass is 10.1. The van der Waals surface area contributed by atoms with Crippen LogP contribution in [0.15, 0.2) is 23.5 Å². The highest BCUT2D eigenvalue weighted by Crippen LogP contribution is 2.18. The van der Waals surface area contributed by atoms with Gasteiger partial charge in [-0.3, -0.25) is 0 Å². The van der Waals surface area contributed by atoms with Crippen LogP contribution >= 0.6 is 0 Å². The van der Waals surface area contributed by atoms with Crippen molar-refractivity contribution in [3.8, 4) is 0 Å². The van der Waals surface area contributed by atoms with E-state index in [0.717, 1.165) is 18.6 Å². The van der Waals surface area contributed by atoms with Gasteiger partial charge in [-0.1, -0.05) is 5.57 Å². The number of rotatable bonds is 2. The Morgan fingerprint density at radius 3 is 2.75 bits per heavy atom. The van der Waals surface area contributed by atoms with Crippen molar-refractivity contribution in [3.05, 3.63) is 23.5 Å². The summed E-state index contributed by atoms with van der Waals surface area (Å²) in [4.78, 5) is 0. The van der Waals surface area contributed by atoms with Crippen LogP contribution in [0.1, 0.15) is 19.8 Å². The van der Waals surface area contributed by atoms with Crippen molar-refractivity contribution in [1.82, 2.24) is 0 Å². The van der Waals surface area contributed by atoms with E-state index in [0.29, 0.717) is 0 Å². The Balaban J connectivity index is 2.72. The molecule has 0 bridgehead atoms. The molecule has 2 nitrogen and oxygen atoms in total. The SMILES string of the molecule is COC1=CC(OC)CCC(C)=C1. The molecule has 2 heteroatoms. The minimum absolute atomic E-state index is 0.202. The second-order valence-corrected chi connectivity index (χ2v) is 3.08. The van der Waals surface area contributed by atoms with Crippen LogP contribution in [0.3, 0.4) is 0 Å². The predicted molar refractivity (Wildman–Crippen MR) is 48.9 cm³/mol. The third kappa shape index (κ3) is 2.38. The van der Waals surface area contributed by atoms with Crippen LogP contribution in [0.5, 0.6) is 0 Å². The number of hydrogen-bond donors (Lipinski definition) is 0. The zero-order valence-electron chi connectivity index (χ0n) is 7.96. The quantitative estimate of drug-likeness (QED) is 0.629. The van der Waals surface area contributed by atoms with Gasteiger partial charge in [0.1, 0.15) is 5.76 Å². The highest BCUT2D eigenvalue weighted by Gasteiger charge is 2.09. The standard InChI is InChI=1S/C10H16O2/c1-8-4-5-9(11-2)7-10(6-8)12-3/h6-7,9H,4-5H2,1-3H3. The topological polar surface area (TPSA) is 18.5 Å². The van der Waals surface area contributed by atoms with Gasteiger partial charge in [0.2, 0.25) is 0 Å². The molecular formula is C10H16O2. The summed E-state index contributed by atoms with van der Waals surface area (Å²) in [5.74, 6) is 0.914. The average Bonchev–Trinajstić information content (AvgIpc) is 2.26. The highest BCUT2D eigenvalue weighted by molar-refractivity contribution is 5.21. The molecule has 0 aromatic carbocycles. The Morgan fingerprint density at radius 2 is 2.17 bits per heavy atom. The maximum Gasteiger partial charge on any atom is 0.117 e. The van der Waals surface area contributed by atoms with Gasteiger partial charge in [0, 0.05) is 7.11 Å². The summed E-state index contributed by atoms with van der Waals surface area (Å²) in [7, 11) is 3.42. The van der Waals surface area contributed by atoms with Crippen LogP contribution in [-0.2, 0) is 9.47 Å². The fourth-order valence-corrected chi connectivity index (χ4v) is 1.31. The van der Waals surface area contributed by atoms with Gasteiger partial charge in [0.25, 0.3) is 0 Å². The van der Waals surface area contributed by atoms with Crippen LogP contribution in [0, 0.1) is 0 Å². The fraction of sp³-hybridized carbons (Fsp3) is 0.600. The van der Waals surface area contributed by atoms with Crippen molar-refractivity contribution in [1.29, 1.82) is 0 Å². The van der Waals surface area contributed by atoms with Crippen LogP contribution in [0.4, 0.5) is 0 Å². The van der Waals surface area contributed by atoms with Gasteiger partial charge >= 0.3 is 0 Å². The summed E-state index contributed by atoms with van der Waals surface area (Å²) in [5.41, 5.74) is 1.35. The van der Waals surface area contributed by atoms with E-state index in [1.54, 1.807) is 14.2 Å². The molecule has 1 aliphatic rings. The third-order valence-corrected chi connectivity index (χ3v) is 2.10. The summed E-state index contributed by atoms with van der Waals surface area (Å²) in [6, 6.07) is 0. The number of ether oxygens (including phenoxy) is 2. The van der Waals surface area contributed by atoms with Crippen molar-refractivity contribution < 1.29 is 9.47 Å². The Morgan fingerprint density at radius 1 is 1.42 bits per heavy atom. The smallest absolute Gasteiger partial charge is 0.117 e. The lowest BCUT2D eigenvalue weighted by Gasteiger charge is -2.08.